The summed E-state index contributed by atoms with van der Waals surface area (Å²) in [4.78, 5) is 16.2. The molecule has 1 aromatic carbocycles. The van der Waals surface area contributed by atoms with Gasteiger partial charge in [0.25, 0.3) is 0 Å². The summed E-state index contributed by atoms with van der Waals surface area (Å²) in [5.41, 5.74) is 10.7. The zero-order chi connectivity index (χ0) is 14.2. The molecule has 1 unspecified atom stereocenters. The first kappa shape index (κ1) is 13.9. The van der Waals surface area contributed by atoms with Crippen LogP contribution in [0.5, 0.6) is 0 Å². The Morgan fingerprint density at radius 1 is 1.21 bits per heavy atom. The van der Waals surface area contributed by atoms with Gasteiger partial charge in [0, 0.05) is 32.4 Å². The zero-order valence-electron chi connectivity index (χ0n) is 12.2. The van der Waals surface area contributed by atoms with E-state index in [-0.39, 0.29) is 11.9 Å². The van der Waals surface area contributed by atoms with Gasteiger partial charge in [0.2, 0.25) is 5.91 Å². The maximum absolute atomic E-state index is 12.2. The molecule has 2 N–H and O–H groups in total. The lowest BCUT2D eigenvalue weighted by atomic mass is 10.0. The van der Waals surface area contributed by atoms with Crippen molar-refractivity contribution in [3.05, 3.63) is 28.8 Å². The van der Waals surface area contributed by atoms with E-state index in [0.717, 1.165) is 13.1 Å². The van der Waals surface area contributed by atoms with E-state index in [9.17, 15) is 4.79 Å². The predicted octanol–water partition coefficient (Wildman–Crippen LogP) is 1.22. The summed E-state index contributed by atoms with van der Waals surface area (Å²) >= 11 is 0. The van der Waals surface area contributed by atoms with Gasteiger partial charge in [-0.25, -0.2) is 0 Å². The van der Waals surface area contributed by atoms with Crippen molar-refractivity contribution in [1.29, 1.82) is 0 Å². The number of carbonyl (C=O) groups is 1. The number of hydrogen-bond acceptors (Lipinski definition) is 3. The quantitative estimate of drug-likeness (QED) is 0.871. The van der Waals surface area contributed by atoms with Gasteiger partial charge in [-0.15, -0.1) is 0 Å². The number of nitrogens with zero attached hydrogens (tertiary/aromatic N) is 2. The van der Waals surface area contributed by atoms with Crippen LogP contribution in [0.15, 0.2) is 12.1 Å². The van der Waals surface area contributed by atoms with Gasteiger partial charge in [-0.05, 0) is 31.9 Å². The van der Waals surface area contributed by atoms with Crippen molar-refractivity contribution >= 4 is 11.6 Å². The molecule has 0 aliphatic carbocycles. The van der Waals surface area contributed by atoms with Gasteiger partial charge in [0.1, 0.15) is 6.04 Å². The van der Waals surface area contributed by atoms with Crippen LogP contribution in [0.4, 0.5) is 5.69 Å². The van der Waals surface area contributed by atoms with Crippen LogP contribution in [-0.2, 0) is 4.79 Å². The summed E-state index contributed by atoms with van der Waals surface area (Å²) in [6.07, 6.45) is 0. The standard InChI is InChI=1S/C15H23N3O/c1-10-7-11(2)14(12(3)8-10)18-6-5-17(4)15(19)13(18)9-16/h7-8,13H,5-6,9,16H2,1-4H3. The Labute approximate surface area is 115 Å². The number of nitrogens with two attached hydrogens (primary N) is 1. The first-order valence-electron chi connectivity index (χ1n) is 6.75. The largest absolute Gasteiger partial charge is 0.356 e. The Morgan fingerprint density at radius 3 is 2.32 bits per heavy atom. The number of hydrogen-bond donors (Lipinski definition) is 1. The molecule has 0 radical (unpaired) electrons. The molecule has 4 heteroatoms. The summed E-state index contributed by atoms with van der Waals surface area (Å²) in [5.74, 6) is 0.119. The molecule has 1 fully saturated rings. The van der Waals surface area contributed by atoms with Crippen LogP contribution in [0.25, 0.3) is 0 Å². The van der Waals surface area contributed by atoms with Gasteiger partial charge in [-0.3, -0.25) is 4.79 Å². The van der Waals surface area contributed by atoms with E-state index < -0.39 is 0 Å². The van der Waals surface area contributed by atoms with Crippen LogP contribution in [-0.4, -0.2) is 43.5 Å². The number of benzene rings is 1. The third kappa shape index (κ3) is 2.45. The molecule has 1 aromatic rings. The van der Waals surface area contributed by atoms with E-state index in [2.05, 4.69) is 37.8 Å². The van der Waals surface area contributed by atoms with Crippen LogP contribution in [0.1, 0.15) is 16.7 Å². The topological polar surface area (TPSA) is 49.6 Å². The minimum Gasteiger partial charge on any atom is -0.356 e. The van der Waals surface area contributed by atoms with Gasteiger partial charge in [0.15, 0.2) is 0 Å². The molecule has 1 aliphatic heterocycles. The molecule has 0 bridgehead atoms. The summed E-state index contributed by atoms with van der Waals surface area (Å²) in [6.45, 7) is 8.25. The number of piperazine rings is 1. The zero-order valence-corrected chi connectivity index (χ0v) is 12.2. The molecular formula is C15H23N3O. The number of anilines is 1. The van der Waals surface area contributed by atoms with Crippen molar-refractivity contribution < 1.29 is 4.79 Å². The van der Waals surface area contributed by atoms with Crippen molar-refractivity contribution in [1.82, 2.24) is 4.90 Å². The molecule has 104 valence electrons. The second kappa shape index (κ2) is 5.21. The number of aryl methyl sites for hydroxylation is 3. The lowest BCUT2D eigenvalue weighted by molar-refractivity contribution is -0.132. The molecule has 1 heterocycles. The number of rotatable bonds is 2. The van der Waals surface area contributed by atoms with Crippen molar-refractivity contribution in [3.8, 4) is 0 Å². The van der Waals surface area contributed by atoms with E-state index in [1.165, 1.54) is 22.4 Å². The Hall–Kier alpha value is -1.55. The summed E-state index contributed by atoms with van der Waals surface area (Å²) in [6, 6.07) is 4.09. The molecule has 0 saturated carbocycles. The number of likely N-dealkylation sites (N-methyl/N-ethyl adjacent to an activating group) is 1. The Kier molecular flexibility index (Phi) is 3.80. The molecule has 1 aliphatic rings. The van der Waals surface area contributed by atoms with Gasteiger partial charge in [0.05, 0.1) is 0 Å². The minimum atomic E-state index is -0.237. The molecule has 1 atom stereocenters. The maximum atomic E-state index is 12.2. The van der Waals surface area contributed by atoms with Crippen LogP contribution >= 0.6 is 0 Å². The molecule has 1 saturated heterocycles. The SMILES string of the molecule is Cc1cc(C)c(N2CCN(C)C(=O)C2CN)c(C)c1. The first-order chi connectivity index (χ1) is 8.95. The molecule has 2 rings (SSSR count). The Bertz CT molecular complexity index is 475. The van der Waals surface area contributed by atoms with E-state index >= 15 is 0 Å². The fraction of sp³-hybridized carbons (Fsp3) is 0.533. The van der Waals surface area contributed by atoms with Crippen molar-refractivity contribution in [3.63, 3.8) is 0 Å². The van der Waals surface area contributed by atoms with Crippen LogP contribution in [0, 0.1) is 20.8 Å². The highest BCUT2D eigenvalue weighted by molar-refractivity contribution is 5.87. The predicted molar refractivity (Wildman–Crippen MR) is 78.5 cm³/mol. The van der Waals surface area contributed by atoms with Crippen molar-refractivity contribution in [2.45, 2.75) is 26.8 Å². The first-order valence-corrected chi connectivity index (χ1v) is 6.75. The molecule has 0 spiro atoms. The van der Waals surface area contributed by atoms with Crippen LogP contribution < -0.4 is 10.6 Å². The monoisotopic (exact) mass is 261 g/mol. The highest BCUT2D eigenvalue weighted by Crippen LogP contribution is 2.29. The molecular weight excluding hydrogens is 238 g/mol. The lowest BCUT2D eigenvalue weighted by Crippen LogP contribution is -2.59. The molecule has 19 heavy (non-hydrogen) atoms. The van der Waals surface area contributed by atoms with Crippen molar-refractivity contribution in [2.75, 3.05) is 31.6 Å². The molecule has 4 nitrogen and oxygen atoms in total. The van der Waals surface area contributed by atoms with Gasteiger partial charge in [-0.1, -0.05) is 17.7 Å². The third-order valence-electron chi connectivity index (χ3n) is 3.86. The normalized spacial score (nSPS) is 20.1. The fourth-order valence-corrected chi connectivity index (χ4v) is 3.03. The van der Waals surface area contributed by atoms with E-state index in [1.54, 1.807) is 4.90 Å². The highest BCUT2D eigenvalue weighted by Gasteiger charge is 2.33. The average molecular weight is 261 g/mol. The van der Waals surface area contributed by atoms with Gasteiger partial charge < -0.3 is 15.5 Å². The summed E-state index contributed by atoms with van der Waals surface area (Å²) in [5, 5.41) is 0. The van der Waals surface area contributed by atoms with E-state index in [1.807, 2.05) is 7.05 Å². The van der Waals surface area contributed by atoms with Gasteiger partial charge in [-0.2, -0.15) is 0 Å². The number of amides is 1. The van der Waals surface area contributed by atoms with Gasteiger partial charge >= 0.3 is 0 Å². The second-order valence-corrected chi connectivity index (χ2v) is 5.45. The Balaban J connectivity index is 2.43. The maximum Gasteiger partial charge on any atom is 0.246 e. The fourth-order valence-electron chi connectivity index (χ4n) is 3.03. The molecule has 1 amide bonds. The smallest absolute Gasteiger partial charge is 0.246 e. The van der Waals surface area contributed by atoms with E-state index in [4.69, 9.17) is 5.73 Å². The highest BCUT2D eigenvalue weighted by atomic mass is 16.2. The average Bonchev–Trinajstić information content (AvgIpc) is 2.32. The van der Waals surface area contributed by atoms with Crippen LogP contribution in [0.2, 0.25) is 0 Å². The lowest BCUT2D eigenvalue weighted by Gasteiger charge is -2.41. The molecule has 0 aromatic heterocycles. The van der Waals surface area contributed by atoms with E-state index in [0.29, 0.717) is 6.54 Å². The summed E-state index contributed by atoms with van der Waals surface area (Å²) < 4.78 is 0. The third-order valence-corrected chi connectivity index (χ3v) is 3.86. The van der Waals surface area contributed by atoms with Crippen LogP contribution in [0.3, 0.4) is 0 Å². The number of carbonyl (C=O) groups excluding carboxylic acids is 1. The Morgan fingerprint density at radius 2 is 1.79 bits per heavy atom. The summed E-state index contributed by atoms with van der Waals surface area (Å²) in [7, 11) is 1.84. The van der Waals surface area contributed by atoms with Crippen molar-refractivity contribution in [2.24, 2.45) is 5.73 Å². The second-order valence-electron chi connectivity index (χ2n) is 5.45. The minimum absolute atomic E-state index is 0.119.